The molecule has 0 saturated heterocycles. The molecular formula is C29H45ClO2SeTe. The minimum absolute atomic E-state index is 0. The van der Waals surface area contributed by atoms with Crippen LogP contribution in [0.2, 0.25) is 0 Å². The van der Waals surface area contributed by atoms with Crippen LogP contribution in [0.15, 0.2) is 49.3 Å². The fourth-order valence-corrected chi connectivity index (χ4v) is 13.5. The summed E-state index contributed by atoms with van der Waals surface area (Å²) in [7, 11) is 0. The summed E-state index contributed by atoms with van der Waals surface area (Å²) < 4.78 is 27.2. The molecule has 2 rings (SSSR count). The molecule has 34 heavy (non-hydrogen) atoms. The molecule has 2 heterocycles. The summed E-state index contributed by atoms with van der Waals surface area (Å²) in [6, 6.07) is 4.72. The number of halogens is 1. The van der Waals surface area contributed by atoms with Crippen molar-refractivity contribution < 1.29 is 19.3 Å². The van der Waals surface area contributed by atoms with E-state index >= 15 is 0 Å². The predicted octanol–water partition coefficient (Wildman–Crippen LogP) is 4.03. The third-order valence-corrected chi connectivity index (χ3v) is 17.2. The van der Waals surface area contributed by atoms with Crippen molar-refractivity contribution >= 4 is 39.6 Å². The molecule has 0 aliphatic carbocycles. The Morgan fingerprint density at radius 2 is 1.06 bits per heavy atom. The van der Waals surface area contributed by atoms with Gasteiger partial charge in [0.1, 0.15) is 0 Å². The fourth-order valence-electron chi connectivity index (χ4n) is 3.64. The van der Waals surface area contributed by atoms with Gasteiger partial charge in [0.25, 0.3) is 0 Å². The molecule has 5 heteroatoms. The van der Waals surface area contributed by atoms with Crippen molar-refractivity contribution in [2.45, 2.75) is 93.9 Å². The summed E-state index contributed by atoms with van der Waals surface area (Å²) in [5.74, 6) is 0. The van der Waals surface area contributed by atoms with Gasteiger partial charge in [-0.2, -0.15) is 0 Å². The van der Waals surface area contributed by atoms with Crippen LogP contribution >= 0.6 is 0 Å². The molecule has 1 aromatic rings. The summed E-state index contributed by atoms with van der Waals surface area (Å²) in [5, 5.41) is 0. The van der Waals surface area contributed by atoms with E-state index in [0.29, 0.717) is 14.5 Å². The minimum Gasteiger partial charge on any atom is -1.00 e. The maximum atomic E-state index is 11.3. The quantitative estimate of drug-likeness (QED) is 0.469. The second-order valence-corrected chi connectivity index (χ2v) is 21.1. The van der Waals surface area contributed by atoms with E-state index in [-0.39, 0.29) is 34.1 Å². The Bertz CT molecular complexity index is 950. The molecule has 0 saturated carbocycles. The topological polar surface area (TPSA) is 40.5 Å². The molecule has 2 N–H and O–H groups in total. The van der Waals surface area contributed by atoms with E-state index in [2.05, 4.69) is 113 Å². The van der Waals surface area contributed by atoms with Crippen LogP contribution in [0.25, 0.3) is 6.08 Å². The van der Waals surface area contributed by atoms with E-state index in [1.54, 1.807) is 0 Å². The molecule has 0 atom stereocenters. The summed E-state index contributed by atoms with van der Waals surface area (Å²) in [4.78, 5) is 0. The van der Waals surface area contributed by atoms with Gasteiger partial charge in [0.05, 0.1) is 0 Å². The second kappa shape index (κ2) is 10.7. The van der Waals surface area contributed by atoms with Crippen molar-refractivity contribution in [2.24, 2.45) is 10.8 Å². The number of hydrogen-bond donors (Lipinski definition) is 2. The van der Waals surface area contributed by atoms with E-state index in [1.807, 2.05) is 12.2 Å². The van der Waals surface area contributed by atoms with E-state index in [9.17, 15) is 6.94 Å². The van der Waals surface area contributed by atoms with E-state index in [0.717, 1.165) is 12.8 Å². The molecule has 1 aliphatic heterocycles. The first-order chi connectivity index (χ1) is 14.6. The zero-order valence-corrected chi connectivity index (χ0v) is 27.9. The average molecular weight is 668 g/mol. The summed E-state index contributed by atoms with van der Waals surface area (Å²) in [6.07, 6.45) is 10.4. The van der Waals surface area contributed by atoms with E-state index in [4.69, 9.17) is 0 Å². The second-order valence-electron chi connectivity index (χ2n) is 13.2. The summed E-state index contributed by atoms with van der Waals surface area (Å²) in [5.41, 5.74) is 2.03. The average Bonchev–Trinajstić information content (AvgIpc) is 2.58. The third kappa shape index (κ3) is 7.91. The SMILES string of the molecule is CC(C)(C)C1=CC(=CC=Cc2cc(C(C)(C)C)[se+]c(C(C)(C)C)c2)C=C(C(C)(C)C)[Te]1(O)O.[Cl-]. The van der Waals surface area contributed by atoms with Gasteiger partial charge in [-0.05, 0) is 0 Å². The van der Waals surface area contributed by atoms with Gasteiger partial charge in [-0.3, -0.25) is 0 Å². The van der Waals surface area contributed by atoms with Crippen LogP contribution in [0.3, 0.4) is 0 Å². The normalized spacial score (nSPS) is 18.2. The first kappa shape index (κ1) is 31.9. The Kier molecular flexibility index (Phi) is 10.00. The van der Waals surface area contributed by atoms with Crippen molar-refractivity contribution in [1.29, 1.82) is 0 Å². The van der Waals surface area contributed by atoms with Gasteiger partial charge >= 0.3 is 215 Å². The van der Waals surface area contributed by atoms with Gasteiger partial charge < -0.3 is 12.4 Å². The molecule has 192 valence electrons. The summed E-state index contributed by atoms with van der Waals surface area (Å²) >= 11 is -3.91. The summed E-state index contributed by atoms with van der Waals surface area (Å²) in [6.45, 7) is 26.2. The number of hydrogen-bond acceptors (Lipinski definition) is 2. The van der Waals surface area contributed by atoms with Crippen LogP contribution in [-0.4, -0.2) is 40.4 Å². The molecule has 0 unspecified atom stereocenters. The Morgan fingerprint density at radius 1 is 0.676 bits per heavy atom. The molecule has 0 bridgehead atoms. The molecule has 0 radical (unpaired) electrons. The Balaban J connectivity index is 0.00000578. The van der Waals surface area contributed by atoms with Crippen LogP contribution in [0.4, 0.5) is 0 Å². The largest absolute Gasteiger partial charge is 1.00 e. The fraction of sp³-hybridized carbons (Fsp3) is 0.552. The van der Waals surface area contributed by atoms with Crippen molar-refractivity contribution in [3.05, 3.63) is 63.7 Å². The van der Waals surface area contributed by atoms with Crippen molar-refractivity contribution in [3.63, 3.8) is 0 Å². The first-order valence-electron chi connectivity index (χ1n) is 11.7. The van der Waals surface area contributed by atoms with Crippen molar-refractivity contribution in [3.8, 4) is 0 Å². The van der Waals surface area contributed by atoms with Gasteiger partial charge in [0.2, 0.25) is 0 Å². The van der Waals surface area contributed by atoms with Crippen LogP contribution in [0.1, 0.15) is 97.5 Å². The number of allylic oxidation sites excluding steroid dienone is 7. The van der Waals surface area contributed by atoms with Gasteiger partial charge in [-0.15, -0.1) is 0 Å². The van der Waals surface area contributed by atoms with Crippen LogP contribution < -0.4 is 12.4 Å². The Hall–Kier alpha value is -0.171. The van der Waals surface area contributed by atoms with Crippen LogP contribution in [0, 0.1) is 10.8 Å². The van der Waals surface area contributed by atoms with Crippen LogP contribution in [0.5, 0.6) is 0 Å². The predicted molar refractivity (Wildman–Crippen MR) is 148 cm³/mol. The Labute approximate surface area is 226 Å². The smallest absolute Gasteiger partial charge is 1.00 e. The standard InChI is InChI=1S/C29H44O2SeTe.ClH/c1-26(2,3)22-16-20(17-23(32-22)27(4,5)6)14-13-15-21-18-24(28(7,8)9)33(30,31)25(19-21)29(10,11)12;/h13-19H,1-12H3,(H-,30,31);1H. The zero-order valence-electron chi connectivity index (χ0n) is 23.1. The van der Waals surface area contributed by atoms with E-state index < -0.39 is 19.0 Å². The van der Waals surface area contributed by atoms with Gasteiger partial charge in [0, 0.05) is 0 Å². The molecule has 0 aromatic carbocycles. The number of rotatable bonds is 2. The first-order valence-corrected chi connectivity index (χ1v) is 17.9. The monoisotopic (exact) mass is 670 g/mol. The molecular weight excluding hydrogens is 622 g/mol. The van der Waals surface area contributed by atoms with Gasteiger partial charge in [-0.1, -0.05) is 0 Å². The Morgan fingerprint density at radius 3 is 1.38 bits per heavy atom. The van der Waals surface area contributed by atoms with Gasteiger partial charge in [-0.25, -0.2) is 0 Å². The van der Waals surface area contributed by atoms with E-state index in [1.165, 1.54) is 14.4 Å². The molecule has 0 fully saturated rings. The van der Waals surface area contributed by atoms with Crippen molar-refractivity contribution in [2.75, 3.05) is 0 Å². The molecule has 0 amide bonds. The molecule has 2 nitrogen and oxygen atoms in total. The van der Waals surface area contributed by atoms with Gasteiger partial charge in [0.15, 0.2) is 0 Å². The minimum atomic E-state index is -4.29. The maximum absolute atomic E-state index is 11.3. The zero-order chi connectivity index (χ0) is 25.6. The molecule has 1 aromatic heterocycles. The van der Waals surface area contributed by atoms with Crippen LogP contribution in [-0.2, 0) is 10.8 Å². The maximum Gasteiger partial charge on any atom is -1.00 e. The van der Waals surface area contributed by atoms with Crippen molar-refractivity contribution in [1.82, 2.24) is 0 Å². The third-order valence-electron chi connectivity index (χ3n) is 5.56. The molecule has 0 spiro atoms. The molecule has 1 aliphatic rings.